The van der Waals surface area contributed by atoms with Gasteiger partial charge in [0.15, 0.2) is 0 Å². The number of benzene rings is 3. The van der Waals surface area contributed by atoms with Gasteiger partial charge in [0.2, 0.25) is 0 Å². The molecule has 0 saturated carbocycles. The maximum absolute atomic E-state index is 12.1. The van der Waals surface area contributed by atoms with Gasteiger partial charge in [-0.1, -0.05) is 42.5 Å². The van der Waals surface area contributed by atoms with Gasteiger partial charge in [-0.05, 0) is 49.8 Å². The molecule has 2 heterocycles. The zero-order valence-electron chi connectivity index (χ0n) is 20.1. The molecule has 1 fully saturated rings. The van der Waals surface area contributed by atoms with E-state index in [1.165, 1.54) is 16.5 Å². The summed E-state index contributed by atoms with van der Waals surface area (Å²) in [6, 6.07) is 21.1. The van der Waals surface area contributed by atoms with Crippen LogP contribution in [0.4, 0.5) is 16.2 Å². The summed E-state index contributed by atoms with van der Waals surface area (Å²) in [5, 5.41) is 8.58. The monoisotopic (exact) mass is 458 g/mol. The van der Waals surface area contributed by atoms with Crippen molar-refractivity contribution in [1.29, 1.82) is 0 Å². The topological polar surface area (TPSA) is 56.8 Å². The number of hydrogen-bond donors (Lipinski definition) is 2. The SMILES string of the molecule is CC1(C)Cc2ccc(OCCCN3CCN(c4cccc5ccccc45)CC3)cc2NC(=O)N1. The van der Waals surface area contributed by atoms with Gasteiger partial charge in [-0.3, -0.25) is 4.90 Å². The van der Waals surface area contributed by atoms with Crippen LogP contribution in [0.25, 0.3) is 10.8 Å². The first-order valence-electron chi connectivity index (χ1n) is 12.3. The molecule has 3 aromatic carbocycles. The van der Waals surface area contributed by atoms with Crippen molar-refractivity contribution < 1.29 is 9.53 Å². The van der Waals surface area contributed by atoms with E-state index in [4.69, 9.17) is 4.74 Å². The number of carbonyl (C=O) groups excluding carboxylic acids is 1. The summed E-state index contributed by atoms with van der Waals surface area (Å²) in [5.41, 5.74) is 3.04. The first-order valence-corrected chi connectivity index (χ1v) is 12.3. The second kappa shape index (κ2) is 9.55. The minimum Gasteiger partial charge on any atom is -0.493 e. The van der Waals surface area contributed by atoms with Gasteiger partial charge >= 0.3 is 6.03 Å². The Labute approximate surface area is 201 Å². The van der Waals surface area contributed by atoms with Crippen LogP contribution in [0, 0.1) is 0 Å². The second-order valence-electron chi connectivity index (χ2n) is 9.99. The molecule has 0 aromatic heterocycles. The molecule has 2 aliphatic heterocycles. The van der Waals surface area contributed by atoms with Crippen LogP contribution in [-0.2, 0) is 6.42 Å². The Bertz CT molecular complexity index is 1160. The minimum atomic E-state index is -0.269. The summed E-state index contributed by atoms with van der Waals surface area (Å²) in [4.78, 5) is 17.1. The lowest BCUT2D eigenvalue weighted by atomic mass is 9.95. The molecule has 0 spiro atoms. The van der Waals surface area contributed by atoms with Gasteiger partial charge in [0.05, 0.1) is 6.61 Å². The number of carbonyl (C=O) groups is 1. The number of nitrogens with one attached hydrogen (secondary N) is 2. The van der Waals surface area contributed by atoms with Gasteiger partial charge in [-0.15, -0.1) is 0 Å². The number of amides is 2. The maximum atomic E-state index is 12.1. The highest BCUT2D eigenvalue weighted by Gasteiger charge is 2.26. The van der Waals surface area contributed by atoms with Crippen LogP contribution >= 0.6 is 0 Å². The predicted molar refractivity (Wildman–Crippen MR) is 139 cm³/mol. The fourth-order valence-corrected chi connectivity index (χ4v) is 5.07. The van der Waals surface area contributed by atoms with Gasteiger partial charge in [0.25, 0.3) is 0 Å². The van der Waals surface area contributed by atoms with Crippen LogP contribution in [0.15, 0.2) is 60.7 Å². The van der Waals surface area contributed by atoms with Crippen molar-refractivity contribution in [1.82, 2.24) is 10.2 Å². The molecule has 0 atom stereocenters. The summed E-state index contributed by atoms with van der Waals surface area (Å²) < 4.78 is 6.02. The van der Waals surface area contributed by atoms with Crippen molar-refractivity contribution in [3.63, 3.8) is 0 Å². The molecule has 178 valence electrons. The summed E-state index contributed by atoms with van der Waals surface area (Å²) in [6.07, 6.45) is 1.76. The van der Waals surface area contributed by atoms with E-state index in [2.05, 4.69) is 69.0 Å². The number of rotatable bonds is 6. The third kappa shape index (κ3) is 5.12. The van der Waals surface area contributed by atoms with Gasteiger partial charge in [0, 0.05) is 61.1 Å². The summed E-state index contributed by atoms with van der Waals surface area (Å²) >= 11 is 0. The maximum Gasteiger partial charge on any atom is 0.319 e. The number of ether oxygens (including phenoxy) is 1. The average Bonchev–Trinajstić information content (AvgIpc) is 2.94. The third-order valence-electron chi connectivity index (χ3n) is 6.78. The molecule has 0 unspecified atom stereocenters. The fourth-order valence-electron chi connectivity index (χ4n) is 5.07. The molecule has 2 aliphatic rings. The minimum absolute atomic E-state index is 0.163. The van der Waals surface area contributed by atoms with Crippen LogP contribution < -0.4 is 20.3 Å². The van der Waals surface area contributed by atoms with E-state index in [0.717, 1.165) is 62.6 Å². The lowest BCUT2D eigenvalue weighted by Crippen LogP contribution is -2.46. The van der Waals surface area contributed by atoms with E-state index in [0.29, 0.717) is 6.61 Å². The largest absolute Gasteiger partial charge is 0.493 e. The van der Waals surface area contributed by atoms with Crippen LogP contribution in [0.5, 0.6) is 5.75 Å². The van der Waals surface area contributed by atoms with Crippen molar-refractivity contribution in [2.75, 3.05) is 49.5 Å². The van der Waals surface area contributed by atoms with E-state index in [1.807, 2.05) is 26.0 Å². The Morgan fingerprint density at radius 2 is 1.76 bits per heavy atom. The first-order chi connectivity index (χ1) is 16.5. The fraction of sp³-hybridized carbons (Fsp3) is 0.393. The normalized spacial score (nSPS) is 18.1. The van der Waals surface area contributed by atoms with Gasteiger partial charge < -0.3 is 20.3 Å². The molecule has 34 heavy (non-hydrogen) atoms. The molecule has 1 saturated heterocycles. The molecular weight excluding hydrogens is 424 g/mol. The Morgan fingerprint density at radius 1 is 0.971 bits per heavy atom. The van der Waals surface area contributed by atoms with Gasteiger partial charge in [-0.25, -0.2) is 4.79 Å². The average molecular weight is 459 g/mol. The quantitative estimate of drug-likeness (QED) is 0.517. The van der Waals surface area contributed by atoms with Crippen molar-refractivity contribution in [2.45, 2.75) is 32.2 Å². The Morgan fingerprint density at radius 3 is 2.62 bits per heavy atom. The van der Waals surface area contributed by atoms with Gasteiger partial charge in [-0.2, -0.15) is 0 Å². The number of anilines is 2. The summed E-state index contributed by atoms with van der Waals surface area (Å²) in [7, 11) is 0. The van der Waals surface area contributed by atoms with E-state index in [1.54, 1.807) is 0 Å². The lowest BCUT2D eigenvalue weighted by Gasteiger charge is -2.36. The smallest absolute Gasteiger partial charge is 0.319 e. The van der Waals surface area contributed by atoms with Crippen LogP contribution in [0.3, 0.4) is 0 Å². The van der Waals surface area contributed by atoms with E-state index < -0.39 is 0 Å². The number of piperazine rings is 1. The Kier molecular flexibility index (Phi) is 6.33. The second-order valence-corrected chi connectivity index (χ2v) is 9.99. The molecule has 0 bridgehead atoms. The lowest BCUT2D eigenvalue weighted by molar-refractivity contribution is 0.225. The van der Waals surface area contributed by atoms with Crippen LogP contribution in [0.1, 0.15) is 25.8 Å². The molecule has 6 nitrogen and oxygen atoms in total. The van der Waals surface area contributed by atoms with Crippen molar-refractivity contribution >= 4 is 28.2 Å². The molecule has 3 aromatic rings. The van der Waals surface area contributed by atoms with Crippen molar-refractivity contribution in [3.05, 3.63) is 66.2 Å². The van der Waals surface area contributed by atoms with Gasteiger partial charge in [0.1, 0.15) is 5.75 Å². The van der Waals surface area contributed by atoms with E-state index >= 15 is 0 Å². The van der Waals surface area contributed by atoms with E-state index in [-0.39, 0.29) is 11.6 Å². The number of nitrogens with zero attached hydrogens (tertiary/aromatic N) is 2. The summed E-state index contributed by atoms with van der Waals surface area (Å²) in [6.45, 7) is 9.99. The van der Waals surface area contributed by atoms with E-state index in [9.17, 15) is 4.79 Å². The predicted octanol–water partition coefficient (Wildman–Crippen LogP) is 4.89. The highest BCUT2D eigenvalue weighted by atomic mass is 16.5. The standard InChI is InChI=1S/C28H34N4O2/c1-28(2)20-22-11-12-23(19-25(22)29-27(33)30-28)34-18-6-13-31-14-16-32(17-15-31)26-10-5-8-21-7-3-4-9-24(21)26/h3-5,7-12,19H,6,13-18,20H2,1-2H3,(H2,29,30,33). The molecule has 2 N–H and O–H groups in total. The molecule has 2 amide bonds. The number of urea groups is 1. The zero-order chi connectivity index (χ0) is 23.5. The van der Waals surface area contributed by atoms with Crippen molar-refractivity contribution in [2.24, 2.45) is 0 Å². The number of hydrogen-bond acceptors (Lipinski definition) is 4. The molecule has 6 heteroatoms. The molecule has 0 radical (unpaired) electrons. The Balaban J connectivity index is 1.10. The molecular formula is C28H34N4O2. The first kappa shape index (κ1) is 22.5. The molecule has 0 aliphatic carbocycles. The zero-order valence-corrected chi connectivity index (χ0v) is 20.1. The summed E-state index contributed by atoms with van der Waals surface area (Å²) in [5.74, 6) is 0.805. The van der Waals surface area contributed by atoms with Crippen LogP contribution in [0.2, 0.25) is 0 Å². The molecule has 5 rings (SSSR count). The Hall–Kier alpha value is -3.25. The third-order valence-corrected chi connectivity index (χ3v) is 6.78. The highest BCUT2D eigenvalue weighted by molar-refractivity contribution is 5.94. The number of fused-ring (bicyclic) bond motifs is 2. The van der Waals surface area contributed by atoms with Crippen molar-refractivity contribution in [3.8, 4) is 5.75 Å². The van der Waals surface area contributed by atoms with Crippen LogP contribution in [-0.4, -0.2) is 55.8 Å². The highest BCUT2D eigenvalue weighted by Crippen LogP contribution is 2.29.